The molecule has 0 radical (unpaired) electrons. The van der Waals surface area contributed by atoms with Crippen LogP contribution in [0, 0.1) is 6.92 Å². The van der Waals surface area contributed by atoms with E-state index in [9.17, 15) is 5.11 Å². The number of hydrogen-bond donors (Lipinski definition) is 1. The van der Waals surface area contributed by atoms with E-state index in [-0.39, 0.29) is 17.6 Å². The maximum absolute atomic E-state index is 9.37. The Balaban J connectivity index is 1.48. The lowest BCUT2D eigenvalue weighted by Crippen LogP contribution is -2.09. The summed E-state index contributed by atoms with van der Waals surface area (Å²) >= 11 is 0. The number of benzene rings is 2. The molecule has 4 aromatic rings. The molecule has 0 aliphatic rings. The molecule has 0 spiro atoms. The first-order valence-corrected chi connectivity index (χ1v) is 12.4. The minimum absolute atomic E-state index is 0.0362. The summed E-state index contributed by atoms with van der Waals surface area (Å²) in [6.07, 6.45) is 3.13. The number of aliphatic hydroxyl groups is 1. The quantitative estimate of drug-likeness (QED) is 0.232. The van der Waals surface area contributed by atoms with E-state index in [0.29, 0.717) is 18.9 Å². The lowest BCUT2D eigenvalue weighted by molar-refractivity contribution is 0.278. The number of aromatic nitrogens is 2. The van der Waals surface area contributed by atoms with Crippen LogP contribution in [0.2, 0.25) is 0 Å². The van der Waals surface area contributed by atoms with Gasteiger partial charge in [-0.1, -0.05) is 51.6 Å². The van der Waals surface area contributed by atoms with Gasteiger partial charge in [-0.15, -0.1) is 0 Å². The van der Waals surface area contributed by atoms with E-state index in [1.807, 2.05) is 54.6 Å². The molecule has 0 fully saturated rings. The molecule has 2 aromatic carbocycles. The average molecular weight is 483 g/mol. The Hall–Kier alpha value is -3.86. The van der Waals surface area contributed by atoms with Gasteiger partial charge in [-0.3, -0.25) is 4.98 Å². The zero-order valence-electron chi connectivity index (χ0n) is 21.5. The SMILES string of the molecule is C=C(O)CCc1ccc(OCC(C)c2oc(-c3ccc(-c4ccccn4)cc3)nc2C(C)C)cc1C. The van der Waals surface area contributed by atoms with Crippen LogP contribution >= 0.6 is 0 Å². The Kier molecular flexibility index (Phi) is 7.89. The summed E-state index contributed by atoms with van der Waals surface area (Å²) in [4.78, 5) is 9.27. The minimum Gasteiger partial charge on any atom is -0.513 e. The number of allylic oxidation sites excluding steroid dienone is 1. The summed E-state index contributed by atoms with van der Waals surface area (Å²) in [7, 11) is 0. The van der Waals surface area contributed by atoms with Gasteiger partial charge in [-0.25, -0.2) is 4.98 Å². The van der Waals surface area contributed by atoms with Crippen LogP contribution in [0.25, 0.3) is 22.7 Å². The first kappa shape index (κ1) is 25.2. The maximum atomic E-state index is 9.37. The van der Waals surface area contributed by atoms with Crippen LogP contribution in [0.3, 0.4) is 0 Å². The molecular weight excluding hydrogens is 448 g/mol. The molecule has 4 rings (SSSR count). The fraction of sp³-hybridized carbons (Fsp3) is 0.290. The predicted molar refractivity (Wildman–Crippen MR) is 144 cm³/mol. The maximum Gasteiger partial charge on any atom is 0.226 e. The van der Waals surface area contributed by atoms with Gasteiger partial charge >= 0.3 is 0 Å². The summed E-state index contributed by atoms with van der Waals surface area (Å²) in [5.41, 5.74) is 6.22. The van der Waals surface area contributed by atoms with E-state index in [4.69, 9.17) is 14.1 Å². The van der Waals surface area contributed by atoms with Gasteiger partial charge in [0.1, 0.15) is 11.5 Å². The lowest BCUT2D eigenvalue weighted by atomic mass is 10.0. The monoisotopic (exact) mass is 482 g/mol. The Morgan fingerprint density at radius 2 is 1.78 bits per heavy atom. The van der Waals surface area contributed by atoms with Gasteiger partial charge in [0.25, 0.3) is 0 Å². The van der Waals surface area contributed by atoms with Gasteiger partial charge in [-0.2, -0.15) is 0 Å². The van der Waals surface area contributed by atoms with E-state index in [0.717, 1.165) is 46.0 Å². The number of oxazole rings is 1. The average Bonchev–Trinajstić information content (AvgIpc) is 3.33. The standard InChI is InChI=1S/C31H34N2O3/c1-20(2)29-30(22(4)19-35-27-16-15-24(21(3)18-27)10-9-23(5)34)36-31(33-29)26-13-11-25(12-14-26)28-8-6-7-17-32-28/h6-8,11-18,20,22,34H,5,9-10,19H2,1-4H3. The molecule has 0 bridgehead atoms. The van der Waals surface area contributed by atoms with Crippen LogP contribution in [-0.4, -0.2) is 21.7 Å². The van der Waals surface area contributed by atoms with Crippen LogP contribution in [0.4, 0.5) is 0 Å². The third-order valence-electron chi connectivity index (χ3n) is 6.27. The van der Waals surface area contributed by atoms with Crippen molar-refractivity contribution in [2.75, 3.05) is 6.61 Å². The summed E-state index contributed by atoms with van der Waals surface area (Å²) < 4.78 is 12.5. The minimum atomic E-state index is 0.0362. The third kappa shape index (κ3) is 6.03. The van der Waals surface area contributed by atoms with Crippen LogP contribution in [-0.2, 0) is 6.42 Å². The summed E-state index contributed by atoms with van der Waals surface area (Å²) in [5.74, 6) is 2.79. The molecule has 5 heteroatoms. The van der Waals surface area contributed by atoms with E-state index in [2.05, 4.69) is 45.3 Å². The van der Waals surface area contributed by atoms with Crippen molar-refractivity contribution < 1.29 is 14.3 Å². The Morgan fingerprint density at radius 3 is 2.42 bits per heavy atom. The lowest BCUT2D eigenvalue weighted by Gasteiger charge is -2.14. The van der Waals surface area contributed by atoms with Crippen molar-refractivity contribution >= 4 is 0 Å². The molecule has 0 aliphatic heterocycles. The van der Waals surface area contributed by atoms with Crippen LogP contribution in [0.15, 0.2) is 83.6 Å². The second kappa shape index (κ2) is 11.3. The molecule has 1 unspecified atom stereocenters. The van der Waals surface area contributed by atoms with E-state index in [1.54, 1.807) is 6.20 Å². The van der Waals surface area contributed by atoms with Crippen molar-refractivity contribution in [3.05, 3.63) is 102 Å². The van der Waals surface area contributed by atoms with Gasteiger partial charge in [0.2, 0.25) is 5.89 Å². The second-order valence-corrected chi connectivity index (χ2v) is 9.58. The largest absolute Gasteiger partial charge is 0.513 e. The van der Waals surface area contributed by atoms with E-state index >= 15 is 0 Å². The zero-order valence-corrected chi connectivity index (χ0v) is 21.5. The number of aliphatic hydroxyl groups excluding tert-OH is 1. The molecule has 0 saturated heterocycles. The molecule has 186 valence electrons. The highest BCUT2D eigenvalue weighted by atomic mass is 16.5. The van der Waals surface area contributed by atoms with Gasteiger partial charge in [0, 0.05) is 23.7 Å². The van der Waals surface area contributed by atoms with Crippen molar-refractivity contribution in [1.29, 1.82) is 0 Å². The molecule has 0 saturated carbocycles. The zero-order chi connectivity index (χ0) is 25.7. The number of pyridine rings is 1. The molecule has 36 heavy (non-hydrogen) atoms. The summed E-state index contributed by atoms with van der Waals surface area (Å²) in [5, 5.41) is 9.37. The smallest absolute Gasteiger partial charge is 0.226 e. The number of ether oxygens (including phenoxy) is 1. The first-order chi connectivity index (χ1) is 17.3. The number of nitrogens with zero attached hydrogens (tertiary/aromatic N) is 2. The fourth-order valence-corrected chi connectivity index (χ4v) is 4.17. The van der Waals surface area contributed by atoms with E-state index in [1.165, 1.54) is 5.56 Å². The van der Waals surface area contributed by atoms with Crippen LogP contribution < -0.4 is 4.74 Å². The molecule has 0 amide bonds. The molecule has 5 nitrogen and oxygen atoms in total. The number of aryl methyl sites for hydroxylation is 2. The van der Waals surface area contributed by atoms with Crippen molar-refractivity contribution in [2.24, 2.45) is 0 Å². The van der Waals surface area contributed by atoms with Gasteiger partial charge < -0.3 is 14.3 Å². The molecular formula is C31H34N2O3. The van der Waals surface area contributed by atoms with Crippen molar-refractivity contribution in [3.63, 3.8) is 0 Å². The predicted octanol–water partition coefficient (Wildman–Crippen LogP) is 8.02. The normalized spacial score (nSPS) is 12.0. The van der Waals surface area contributed by atoms with Gasteiger partial charge in [0.15, 0.2) is 0 Å². The van der Waals surface area contributed by atoms with Gasteiger partial charge in [-0.05, 0) is 66.8 Å². The first-order valence-electron chi connectivity index (χ1n) is 12.4. The highest BCUT2D eigenvalue weighted by molar-refractivity contribution is 5.64. The molecule has 2 aromatic heterocycles. The molecule has 1 atom stereocenters. The summed E-state index contributed by atoms with van der Waals surface area (Å²) in [6.45, 7) is 12.5. The molecule has 1 N–H and O–H groups in total. The number of rotatable bonds is 10. The highest BCUT2D eigenvalue weighted by Gasteiger charge is 2.23. The fourth-order valence-electron chi connectivity index (χ4n) is 4.17. The van der Waals surface area contributed by atoms with Gasteiger partial charge in [0.05, 0.1) is 29.7 Å². The van der Waals surface area contributed by atoms with Crippen molar-refractivity contribution in [1.82, 2.24) is 9.97 Å². The topological polar surface area (TPSA) is 68.4 Å². The van der Waals surface area contributed by atoms with Crippen LogP contribution in [0.1, 0.15) is 61.6 Å². The van der Waals surface area contributed by atoms with Crippen molar-refractivity contribution in [3.8, 4) is 28.5 Å². The second-order valence-electron chi connectivity index (χ2n) is 9.58. The van der Waals surface area contributed by atoms with E-state index < -0.39 is 0 Å². The van der Waals surface area contributed by atoms with Crippen molar-refractivity contribution in [2.45, 2.75) is 52.4 Å². The number of hydrogen-bond acceptors (Lipinski definition) is 5. The van der Waals surface area contributed by atoms with Crippen LogP contribution in [0.5, 0.6) is 5.75 Å². The Morgan fingerprint density at radius 1 is 1.03 bits per heavy atom. The Bertz CT molecular complexity index is 1310. The molecule has 0 aliphatic carbocycles. The summed E-state index contributed by atoms with van der Waals surface area (Å²) in [6, 6.07) is 20.1. The molecule has 2 heterocycles. The third-order valence-corrected chi connectivity index (χ3v) is 6.27. The Labute approximate surface area is 213 Å². The highest BCUT2D eigenvalue weighted by Crippen LogP contribution is 2.33.